The van der Waals surface area contributed by atoms with E-state index in [0.717, 1.165) is 10.9 Å². The Morgan fingerprint density at radius 1 is 1.43 bits per heavy atom. The third-order valence-corrected chi connectivity index (χ3v) is 3.77. The summed E-state index contributed by atoms with van der Waals surface area (Å²) in [5.74, 6) is 0.238. The minimum atomic E-state index is -0.372. The van der Waals surface area contributed by atoms with Gasteiger partial charge < -0.3 is 14.8 Å². The van der Waals surface area contributed by atoms with Crippen LogP contribution >= 0.6 is 11.6 Å². The van der Waals surface area contributed by atoms with Crippen LogP contribution in [0.5, 0.6) is 0 Å². The maximum absolute atomic E-state index is 12.2. The molecule has 0 spiro atoms. The fraction of sp³-hybridized carbons (Fsp3) is 0.438. The summed E-state index contributed by atoms with van der Waals surface area (Å²) in [6, 6.07) is 5.45. The number of aliphatic hydroxyl groups excluding tert-OH is 1. The number of amides is 1. The van der Waals surface area contributed by atoms with E-state index in [4.69, 9.17) is 16.0 Å². The lowest BCUT2D eigenvalue weighted by Gasteiger charge is -2.13. The van der Waals surface area contributed by atoms with Crippen LogP contribution in [0.25, 0.3) is 11.0 Å². The third kappa shape index (κ3) is 3.57. The van der Waals surface area contributed by atoms with Crippen LogP contribution in [0.4, 0.5) is 0 Å². The number of fused-ring (bicyclic) bond motifs is 1. The molecule has 0 aliphatic carbocycles. The molecule has 0 aliphatic rings. The second-order valence-corrected chi connectivity index (χ2v) is 5.98. The molecule has 2 unspecified atom stereocenters. The summed E-state index contributed by atoms with van der Waals surface area (Å²) in [4.78, 5) is 12.2. The zero-order chi connectivity index (χ0) is 15.6. The molecule has 1 heterocycles. The van der Waals surface area contributed by atoms with Gasteiger partial charge in [-0.25, -0.2) is 0 Å². The lowest BCUT2D eigenvalue weighted by atomic mass is 10.0. The minimum Gasteiger partial charge on any atom is -0.449 e. The van der Waals surface area contributed by atoms with Crippen molar-refractivity contribution in [2.45, 2.75) is 33.3 Å². The van der Waals surface area contributed by atoms with Crippen molar-refractivity contribution in [1.29, 1.82) is 0 Å². The Hall–Kier alpha value is -1.52. The molecule has 2 rings (SSSR count). The number of aliphatic hydroxyl groups is 1. The van der Waals surface area contributed by atoms with Gasteiger partial charge in [0.1, 0.15) is 0 Å². The smallest absolute Gasteiger partial charge is 0.287 e. The number of nitrogens with one attached hydrogen (secondary N) is 1. The highest BCUT2D eigenvalue weighted by molar-refractivity contribution is 6.35. The van der Waals surface area contributed by atoms with Crippen molar-refractivity contribution in [3.63, 3.8) is 0 Å². The van der Waals surface area contributed by atoms with Gasteiger partial charge in [0.25, 0.3) is 5.91 Å². The van der Waals surface area contributed by atoms with Gasteiger partial charge in [-0.3, -0.25) is 4.79 Å². The van der Waals surface area contributed by atoms with Crippen LogP contribution in [0.2, 0.25) is 5.02 Å². The average molecular weight is 310 g/mol. The molecule has 1 aromatic heterocycles. The third-order valence-electron chi connectivity index (χ3n) is 3.48. The van der Waals surface area contributed by atoms with Gasteiger partial charge in [0.05, 0.1) is 11.1 Å². The van der Waals surface area contributed by atoms with Gasteiger partial charge in [-0.1, -0.05) is 30.7 Å². The van der Waals surface area contributed by atoms with Crippen molar-refractivity contribution in [3.05, 3.63) is 34.5 Å². The summed E-state index contributed by atoms with van der Waals surface area (Å²) >= 11 is 6.08. The molecule has 2 atom stereocenters. The molecule has 0 aliphatic heterocycles. The first kappa shape index (κ1) is 15.9. The monoisotopic (exact) mass is 309 g/mol. The molecule has 0 saturated carbocycles. The van der Waals surface area contributed by atoms with Crippen LogP contribution in [-0.4, -0.2) is 23.7 Å². The summed E-state index contributed by atoms with van der Waals surface area (Å²) in [5.41, 5.74) is 1.33. The van der Waals surface area contributed by atoms with Gasteiger partial charge in [-0.05, 0) is 32.3 Å². The summed E-state index contributed by atoms with van der Waals surface area (Å²) in [6.45, 7) is 6.06. The average Bonchev–Trinajstić information content (AvgIpc) is 2.75. The van der Waals surface area contributed by atoms with Crippen LogP contribution in [0.1, 0.15) is 36.4 Å². The number of furan rings is 1. The number of hydrogen-bond donors (Lipinski definition) is 2. The number of carbonyl (C=O) groups is 1. The highest BCUT2D eigenvalue weighted by Gasteiger charge is 2.19. The minimum absolute atomic E-state index is 0.197. The standard InChI is InChI=1S/C16H20ClNO3/c1-9(7-10(2)19)8-18-16(20)14-11(3)12-5-4-6-13(17)15(12)21-14/h4-6,9-10,19H,7-8H2,1-3H3,(H,18,20). The van der Waals surface area contributed by atoms with Crippen molar-refractivity contribution in [2.24, 2.45) is 5.92 Å². The van der Waals surface area contributed by atoms with Crippen molar-refractivity contribution in [2.75, 3.05) is 6.54 Å². The fourth-order valence-electron chi connectivity index (χ4n) is 2.44. The second-order valence-electron chi connectivity index (χ2n) is 5.57. The molecular formula is C16H20ClNO3. The number of carbonyl (C=O) groups excluding carboxylic acids is 1. The van der Waals surface area contributed by atoms with E-state index in [1.54, 1.807) is 13.0 Å². The lowest BCUT2D eigenvalue weighted by molar-refractivity contribution is 0.0913. The first-order valence-corrected chi connectivity index (χ1v) is 7.41. The number of para-hydroxylation sites is 1. The number of hydrogen-bond acceptors (Lipinski definition) is 3. The van der Waals surface area contributed by atoms with Gasteiger partial charge in [-0.15, -0.1) is 0 Å². The Morgan fingerprint density at radius 2 is 2.14 bits per heavy atom. The zero-order valence-electron chi connectivity index (χ0n) is 12.4. The zero-order valence-corrected chi connectivity index (χ0v) is 13.2. The van der Waals surface area contributed by atoms with E-state index in [1.165, 1.54) is 0 Å². The molecule has 0 radical (unpaired) electrons. The molecule has 0 bridgehead atoms. The molecule has 21 heavy (non-hydrogen) atoms. The van der Waals surface area contributed by atoms with Crippen LogP contribution in [0, 0.1) is 12.8 Å². The van der Waals surface area contributed by atoms with E-state index in [9.17, 15) is 9.90 Å². The van der Waals surface area contributed by atoms with Gasteiger partial charge >= 0.3 is 0 Å². The number of halogens is 1. The first-order chi connectivity index (χ1) is 9.90. The molecule has 1 amide bonds. The SMILES string of the molecule is Cc1c(C(=O)NCC(C)CC(C)O)oc2c(Cl)cccc12. The lowest BCUT2D eigenvalue weighted by Crippen LogP contribution is -2.29. The van der Waals surface area contributed by atoms with Crippen molar-refractivity contribution < 1.29 is 14.3 Å². The Morgan fingerprint density at radius 3 is 2.76 bits per heavy atom. The quantitative estimate of drug-likeness (QED) is 0.888. The summed E-state index contributed by atoms with van der Waals surface area (Å²) < 4.78 is 5.61. The number of aryl methyl sites for hydroxylation is 1. The van der Waals surface area contributed by atoms with Crippen molar-refractivity contribution in [1.82, 2.24) is 5.32 Å². The normalized spacial score (nSPS) is 14.1. The van der Waals surface area contributed by atoms with E-state index in [1.807, 2.05) is 26.0 Å². The molecule has 2 aromatic rings. The number of rotatable bonds is 5. The topological polar surface area (TPSA) is 62.5 Å². The van der Waals surface area contributed by atoms with E-state index in [2.05, 4.69) is 5.32 Å². The molecule has 114 valence electrons. The summed E-state index contributed by atoms with van der Waals surface area (Å²) in [7, 11) is 0. The van der Waals surface area contributed by atoms with E-state index in [0.29, 0.717) is 29.3 Å². The van der Waals surface area contributed by atoms with Gasteiger partial charge in [-0.2, -0.15) is 0 Å². The van der Waals surface area contributed by atoms with E-state index >= 15 is 0 Å². The predicted molar refractivity (Wildman–Crippen MR) is 83.8 cm³/mol. The predicted octanol–water partition coefficient (Wildman–Crippen LogP) is 3.53. The molecule has 5 heteroatoms. The molecular weight excluding hydrogens is 290 g/mol. The Kier molecular flexibility index (Phi) is 4.91. The van der Waals surface area contributed by atoms with Crippen LogP contribution in [0.3, 0.4) is 0 Å². The van der Waals surface area contributed by atoms with Gasteiger partial charge in [0.2, 0.25) is 0 Å². The second kappa shape index (κ2) is 6.50. The van der Waals surface area contributed by atoms with Crippen LogP contribution in [-0.2, 0) is 0 Å². The highest BCUT2D eigenvalue weighted by atomic mass is 35.5. The summed E-state index contributed by atoms with van der Waals surface area (Å²) in [5, 5.41) is 13.5. The molecule has 1 aromatic carbocycles. The maximum atomic E-state index is 12.2. The summed E-state index contributed by atoms with van der Waals surface area (Å²) in [6.07, 6.45) is 0.272. The fourth-order valence-corrected chi connectivity index (χ4v) is 2.65. The van der Waals surface area contributed by atoms with Gasteiger partial charge in [0.15, 0.2) is 11.3 Å². The number of benzene rings is 1. The molecule has 2 N–H and O–H groups in total. The van der Waals surface area contributed by atoms with E-state index < -0.39 is 0 Å². The first-order valence-electron chi connectivity index (χ1n) is 7.04. The molecule has 0 fully saturated rings. The largest absolute Gasteiger partial charge is 0.449 e. The Bertz CT molecular complexity index is 648. The Labute approximate surface area is 129 Å². The van der Waals surface area contributed by atoms with Gasteiger partial charge in [0, 0.05) is 17.5 Å². The molecule has 0 saturated heterocycles. The van der Waals surface area contributed by atoms with Crippen molar-refractivity contribution >= 4 is 28.5 Å². The van der Waals surface area contributed by atoms with E-state index in [-0.39, 0.29) is 17.9 Å². The van der Waals surface area contributed by atoms with Crippen molar-refractivity contribution in [3.8, 4) is 0 Å². The van der Waals surface area contributed by atoms with Crippen LogP contribution < -0.4 is 5.32 Å². The highest BCUT2D eigenvalue weighted by Crippen LogP contribution is 2.30. The van der Waals surface area contributed by atoms with Crippen LogP contribution in [0.15, 0.2) is 22.6 Å². The Balaban J connectivity index is 2.13. The molecule has 4 nitrogen and oxygen atoms in total. The maximum Gasteiger partial charge on any atom is 0.287 e.